The lowest BCUT2D eigenvalue weighted by atomic mass is 9.82. The molecule has 0 bridgehead atoms. The van der Waals surface area contributed by atoms with Gasteiger partial charge >= 0.3 is 6.03 Å². The first-order valence-electron chi connectivity index (χ1n) is 16.2. The van der Waals surface area contributed by atoms with E-state index in [0.29, 0.717) is 42.3 Å². The van der Waals surface area contributed by atoms with Crippen LogP contribution in [-0.4, -0.2) is 101 Å². The van der Waals surface area contributed by atoms with Gasteiger partial charge in [0.05, 0.1) is 29.9 Å². The Balaban J connectivity index is 1.45. The molecule has 1 atom stereocenters. The summed E-state index contributed by atoms with van der Waals surface area (Å²) in [6, 6.07) is 15.5. The zero-order chi connectivity index (χ0) is 34.9. The molecule has 12 nitrogen and oxygen atoms in total. The van der Waals surface area contributed by atoms with Crippen molar-refractivity contribution in [2.45, 2.75) is 36.2 Å². The summed E-state index contributed by atoms with van der Waals surface area (Å²) in [5.74, 6) is -1.49. The fourth-order valence-corrected chi connectivity index (χ4v) is 8.44. The fraction of sp³-hybridized carbons (Fsp3) is 0.400. The van der Waals surface area contributed by atoms with Crippen molar-refractivity contribution in [3.63, 3.8) is 0 Å². The van der Waals surface area contributed by atoms with Crippen LogP contribution in [0.25, 0.3) is 0 Å². The molecule has 6 rings (SSSR count). The Morgan fingerprint density at radius 2 is 1.69 bits per heavy atom. The molecule has 3 aromatic rings. The highest BCUT2D eigenvalue weighted by Gasteiger charge is 2.59. The van der Waals surface area contributed by atoms with Crippen LogP contribution in [0.4, 0.5) is 14.9 Å². The SMILES string of the molecule is CCOc1ccccc1C1(NC(=O)N2CCN(C3CCN(C)CC3)CC2)C(=O)N(S(=O)(=O)c2ccc(OC)cc2)c2cc(F)c(C#N)cc21. The van der Waals surface area contributed by atoms with Crippen LogP contribution < -0.4 is 19.1 Å². The Labute approximate surface area is 285 Å². The first-order valence-corrected chi connectivity index (χ1v) is 17.7. The van der Waals surface area contributed by atoms with E-state index in [-0.39, 0.29) is 34.1 Å². The van der Waals surface area contributed by atoms with Crippen LogP contribution in [0.5, 0.6) is 11.5 Å². The lowest BCUT2D eigenvalue weighted by Crippen LogP contribution is -2.61. The summed E-state index contributed by atoms with van der Waals surface area (Å²) < 4.78 is 55.6. The smallest absolute Gasteiger partial charge is 0.318 e. The Hall–Kier alpha value is -4.71. The van der Waals surface area contributed by atoms with Gasteiger partial charge < -0.3 is 24.6 Å². The van der Waals surface area contributed by atoms with Crippen LogP contribution in [0.2, 0.25) is 0 Å². The number of benzene rings is 3. The number of rotatable bonds is 8. The third-order valence-electron chi connectivity index (χ3n) is 9.62. The highest BCUT2D eigenvalue weighted by atomic mass is 32.2. The van der Waals surface area contributed by atoms with E-state index in [0.717, 1.165) is 38.1 Å². The number of amides is 3. The maximum Gasteiger partial charge on any atom is 0.318 e. The normalized spacial score (nSPS) is 20.5. The van der Waals surface area contributed by atoms with Gasteiger partial charge in [-0.2, -0.15) is 9.57 Å². The first-order chi connectivity index (χ1) is 23.5. The molecule has 3 aliphatic rings. The molecule has 49 heavy (non-hydrogen) atoms. The van der Waals surface area contributed by atoms with E-state index in [1.165, 1.54) is 31.4 Å². The molecule has 2 saturated heterocycles. The minimum Gasteiger partial charge on any atom is -0.497 e. The number of hydrogen-bond donors (Lipinski definition) is 1. The van der Waals surface area contributed by atoms with Crippen molar-refractivity contribution in [1.29, 1.82) is 5.26 Å². The molecule has 0 saturated carbocycles. The molecule has 1 N–H and O–H groups in total. The van der Waals surface area contributed by atoms with E-state index in [4.69, 9.17) is 9.47 Å². The molecule has 14 heteroatoms. The first kappa shape index (κ1) is 34.2. The number of carbonyl (C=O) groups is 2. The van der Waals surface area contributed by atoms with Gasteiger partial charge in [0, 0.05) is 49.4 Å². The van der Waals surface area contributed by atoms with E-state index in [1.54, 1.807) is 42.2 Å². The van der Waals surface area contributed by atoms with Gasteiger partial charge in [-0.25, -0.2) is 17.6 Å². The van der Waals surface area contributed by atoms with Gasteiger partial charge in [-0.1, -0.05) is 18.2 Å². The van der Waals surface area contributed by atoms with Gasteiger partial charge in [0.15, 0.2) is 5.54 Å². The highest BCUT2D eigenvalue weighted by molar-refractivity contribution is 7.93. The fourth-order valence-electron chi connectivity index (χ4n) is 6.98. The van der Waals surface area contributed by atoms with Crippen LogP contribution in [0.3, 0.4) is 0 Å². The second kappa shape index (κ2) is 13.7. The number of piperidine rings is 1. The van der Waals surface area contributed by atoms with Crippen molar-refractivity contribution in [3.8, 4) is 17.6 Å². The van der Waals surface area contributed by atoms with Crippen LogP contribution in [0.1, 0.15) is 36.5 Å². The Morgan fingerprint density at radius 1 is 1.02 bits per heavy atom. The number of anilines is 1. The van der Waals surface area contributed by atoms with Crippen LogP contribution >= 0.6 is 0 Å². The van der Waals surface area contributed by atoms with Crippen molar-refractivity contribution in [3.05, 3.63) is 83.2 Å². The van der Waals surface area contributed by atoms with E-state index in [1.807, 2.05) is 0 Å². The molecule has 0 aromatic heterocycles. The van der Waals surface area contributed by atoms with Gasteiger partial charge in [0.25, 0.3) is 15.9 Å². The summed E-state index contributed by atoms with van der Waals surface area (Å²) in [6.07, 6.45) is 2.09. The number of nitriles is 1. The number of likely N-dealkylation sites (tertiary alicyclic amines) is 1. The molecular weight excluding hydrogens is 651 g/mol. The van der Waals surface area contributed by atoms with Gasteiger partial charge in [-0.15, -0.1) is 0 Å². The molecule has 0 radical (unpaired) electrons. The number of urea groups is 1. The van der Waals surface area contributed by atoms with Crippen LogP contribution in [0, 0.1) is 17.1 Å². The van der Waals surface area contributed by atoms with Gasteiger partial charge in [0.2, 0.25) is 0 Å². The van der Waals surface area contributed by atoms with E-state index >= 15 is 9.18 Å². The summed E-state index contributed by atoms with van der Waals surface area (Å²) in [7, 11) is -1.15. The van der Waals surface area contributed by atoms with Crippen molar-refractivity contribution in [1.82, 2.24) is 20.0 Å². The average molecular weight is 691 g/mol. The number of sulfonamides is 1. The van der Waals surface area contributed by atoms with Crippen molar-refractivity contribution in [2.75, 3.05) is 64.3 Å². The predicted molar refractivity (Wildman–Crippen MR) is 179 cm³/mol. The molecule has 3 heterocycles. The third-order valence-corrected chi connectivity index (χ3v) is 11.3. The van der Waals surface area contributed by atoms with Crippen molar-refractivity contribution >= 4 is 27.6 Å². The molecule has 0 aliphatic carbocycles. The number of nitrogens with one attached hydrogen (secondary N) is 1. The maximum atomic E-state index is 15.4. The molecule has 1 unspecified atom stereocenters. The summed E-state index contributed by atoms with van der Waals surface area (Å²) in [5.41, 5.74) is -2.88. The van der Waals surface area contributed by atoms with E-state index in [2.05, 4.69) is 22.2 Å². The molecular formula is C35H39FN6O6S. The van der Waals surface area contributed by atoms with Crippen molar-refractivity contribution in [2.24, 2.45) is 0 Å². The topological polar surface area (TPSA) is 136 Å². The minimum atomic E-state index is -4.69. The molecule has 0 spiro atoms. The van der Waals surface area contributed by atoms with Crippen LogP contribution in [0.15, 0.2) is 65.6 Å². The lowest BCUT2D eigenvalue weighted by molar-refractivity contribution is -0.121. The lowest BCUT2D eigenvalue weighted by Gasteiger charge is -2.43. The summed E-state index contributed by atoms with van der Waals surface area (Å²) >= 11 is 0. The largest absolute Gasteiger partial charge is 0.497 e. The number of methoxy groups -OCH3 is 1. The molecule has 3 amide bonds. The number of carbonyl (C=O) groups excluding carboxylic acids is 2. The third kappa shape index (κ3) is 6.07. The number of fused-ring (bicyclic) bond motifs is 1. The quantitative estimate of drug-likeness (QED) is 0.377. The average Bonchev–Trinajstić information content (AvgIpc) is 3.35. The van der Waals surface area contributed by atoms with Gasteiger partial charge in [-0.05, 0) is 76.3 Å². The Kier molecular flexibility index (Phi) is 9.52. The van der Waals surface area contributed by atoms with E-state index in [9.17, 15) is 18.5 Å². The zero-order valence-corrected chi connectivity index (χ0v) is 28.5. The number of ether oxygens (including phenoxy) is 2. The minimum absolute atomic E-state index is 0.0713. The molecule has 258 valence electrons. The Morgan fingerprint density at radius 3 is 2.33 bits per heavy atom. The number of para-hydroxylation sites is 1. The standard InChI is InChI=1S/C35H39FN6O6S/c1-4-48-32-8-6-5-7-28(32)35(38-34(44)41-19-17-40(18-20-41)25-13-15-39(2)16-14-25)29-21-24(23-37)30(36)22-31(29)42(33(35)43)49(45,46)27-11-9-26(47-3)10-12-27/h5-12,21-22,25H,4,13-20H2,1-3H3,(H,38,44). The number of nitrogens with zero attached hydrogens (tertiary/aromatic N) is 5. The summed E-state index contributed by atoms with van der Waals surface area (Å²) in [6.45, 7) is 5.99. The summed E-state index contributed by atoms with van der Waals surface area (Å²) in [4.78, 5) is 35.3. The second-order valence-corrected chi connectivity index (χ2v) is 14.2. The number of piperazine rings is 1. The summed E-state index contributed by atoms with van der Waals surface area (Å²) in [5, 5.41) is 12.7. The predicted octanol–water partition coefficient (Wildman–Crippen LogP) is 3.51. The Bertz CT molecular complexity index is 1890. The zero-order valence-electron chi connectivity index (χ0n) is 27.7. The molecule has 3 aromatic carbocycles. The second-order valence-electron chi connectivity index (χ2n) is 12.4. The molecule has 2 fully saturated rings. The number of halogens is 1. The maximum absolute atomic E-state index is 15.4. The number of hydrogen-bond acceptors (Lipinski definition) is 9. The molecule has 3 aliphatic heterocycles. The monoisotopic (exact) mass is 690 g/mol. The van der Waals surface area contributed by atoms with Gasteiger partial charge in [-0.3, -0.25) is 9.69 Å². The highest BCUT2D eigenvalue weighted by Crippen LogP contribution is 2.50. The van der Waals surface area contributed by atoms with Crippen molar-refractivity contribution < 1.29 is 31.9 Å². The van der Waals surface area contributed by atoms with Crippen LogP contribution in [-0.2, 0) is 20.4 Å². The van der Waals surface area contributed by atoms with Gasteiger partial charge in [0.1, 0.15) is 23.4 Å². The van der Waals surface area contributed by atoms with E-state index < -0.39 is 38.9 Å².